The fourth-order valence-corrected chi connectivity index (χ4v) is 2.72. The maximum Gasteiger partial charge on any atom is 0.0929 e. The Morgan fingerprint density at radius 3 is 2.68 bits per heavy atom. The molecule has 0 saturated heterocycles. The summed E-state index contributed by atoms with van der Waals surface area (Å²) in [6.45, 7) is 2.62. The van der Waals surface area contributed by atoms with Crippen molar-refractivity contribution >= 4 is 10.8 Å². The quantitative estimate of drug-likeness (QED) is 0.755. The van der Waals surface area contributed by atoms with Crippen LogP contribution in [0.5, 0.6) is 0 Å². The van der Waals surface area contributed by atoms with Crippen molar-refractivity contribution in [2.75, 3.05) is 6.54 Å². The summed E-state index contributed by atoms with van der Waals surface area (Å²) < 4.78 is 0. The Morgan fingerprint density at radius 1 is 1.05 bits per heavy atom. The van der Waals surface area contributed by atoms with Gasteiger partial charge in [0.05, 0.1) is 6.10 Å². The normalized spacial score (nSPS) is 13.9. The first-order valence-corrected chi connectivity index (χ1v) is 7.55. The van der Waals surface area contributed by atoms with Crippen molar-refractivity contribution in [2.24, 2.45) is 0 Å². The lowest BCUT2D eigenvalue weighted by Crippen LogP contribution is -2.24. The fourth-order valence-electron chi connectivity index (χ4n) is 2.72. The maximum absolute atomic E-state index is 10.2. The molecule has 3 nitrogen and oxygen atoms in total. The van der Waals surface area contributed by atoms with Crippen molar-refractivity contribution in [1.82, 2.24) is 10.3 Å². The van der Waals surface area contributed by atoms with Gasteiger partial charge >= 0.3 is 0 Å². The molecule has 112 valence electrons. The van der Waals surface area contributed by atoms with E-state index >= 15 is 0 Å². The minimum absolute atomic E-state index is 0.164. The van der Waals surface area contributed by atoms with E-state index in [9.17, 15) is 5.11 Å². The van der Waals surface area contributed by atoms with Crippen molar-refractivity contribution in [3.63, 3.8) is 0 Å². The van der Waals surface area contributed by atoms with Crippen LogP contribution in [-0.4, -0.2) is 16.6 Å². The Morgan fingerprint density at radius 2 is 1.86 bits per heavy atom. The summed E-state index contributed by atoms with van der Waals surface area (Å²) in [4.78, 5) is 4.04. The third-order valence-electron chi connectivity index (χ3n) is 3.98. The van der Waals surface area contributed by atoms with Gasteiger partial charge < -0.3 is 10.4 Å². The second-order valence-electron chi connectivity index (χ2n) is 5.50. The number of aliphatic hydroxyl groups excluding tert-OH is 1. The number of nitrogens with zero attached hydrogens (tertiary/aromatic N) is 1. The molecule has 3 aromatic rings. The Balaban J connectivity index is 1.73. The number of hydrogen-bond donors (Lipinski definition) is 2. The highest BCUT2D eigenvalue weighted by atomic mass is 16.3. The van der Waals surface area contributed by atoms with E-state index in [1.807, 2.05) is 12.1 Å². The molecule has 2 aromatic carbocycles. The highest BCUT2D eigenvalue weighted by molar-refractivity contribution is 5.86. The van der Waals surface area contributed by atoms with E-state index in [0.717, 1.165) is 5.56 Å². The van der Waals surface area contributed by atoms with Crippen LogP contribution in [0.25, 0.3) is 10.8 Å². The van der Waals surface area contributed by atoms with E-state index in [-0.39, 0.29) is 6.04 Å². The fraction of sp³-hybridized carbons (Fsp3) is 0.211. The zero-order chi connectivity index (χ0) is 15.4. The Bertz CT molecular complexity index is 737. The van der Waals surface area contributed by atoms with Crippen LogP contribution >= 0.6 is 0 Å². The van der Waals surface area contributed by atoms with Gasteiger partial charge in [-0.25, -0.2) is 0 Å². The lowest BCUT2D eigenvalue weighted by molar-refractivity contribution is 0.170. The number of aliphatic hydroxyl groups is 1. The average Bonchev–Trinajstić information content (AvgIpc) is 2.59. The monoisotopic (exact) mass is 292 g/mol. The lowest BCUT2D eigenvalue weighted by atomic mass is 9.99. The summed E-state index contributed by atoms with van der Waals surface area (Å²) in [5.74, 6) is 0. The number of nitrogens with one attached hydrogen (secondary N) is 1. The first-order chi connectivity index (χ1) is 10.8. The van der Waals surface area contributed by atoms with Gasteiger partial charge in [0.1, 0.15) is 0 Å². The number of rotatable bonds is 5. The second kappa shape index (κ2) is 6.69. The van der Waals surface area contributed by atoms with Gasteiger partial charge in [0, 0.05) is 30.5 Å². The molecule has 0 aliphatic rings. The van der Waals surface area contributed by atoms with E-state index in [1.165, 1.54) is 16.3 Å². The molecule has 0 saturated carbocycles. The molecule has 2 N–H and O–H groups in total. The van der Waals surface area contributed by atoms with Gasteiger partial charge in [-0.2, -0.15) is 0 Å². The second-order valence-corrected chi connectivity index (χ2v) is 5.50. The molecule has 2 atom stereocenters. The zero-order valence-electron chi connectivity index (χ0n) is 12.6. The summed E-state index contributed by atoms with van der Waals surface area (Å²) in [5, 5.41) is 16.1. The van der Waals surface area contributed by atoms with Crippen molar-refractivity contribution in [1.29, 1.82) is 0 Å². The van der Waals surface area contributed by atoms with Gasteiger partial charge in [0.15, 0.2) is 0 Å². The largest absolute Gasteiger partial charge is 0.387 e. The topological polar surface area (TPSA) is 45.1 Å². The minimum Gasteiger partial charge on any atom is -0.387 e. The number of fused-ring (bicyclic) bond motifs is 1. The summed E-state index contributed by atoms with van der Waals surface area (Å²) in [6, 6.07) is 18.6. The van der Waals surface area contributed by atoms with Crippen molar-refractivity contribution in [3.8, 4) is 0 Å². The van der Waals surface area contributed by atoms with Gasteiger partial charge in [-0.1, -0.05) is 48.5 Å². The lowest BCUT2D eigenvalue weighted by Gasteiger charge is -2.19. The van der Waals surface area contributed by atoms with E-state index < -0.39 is 6.10 Å². The Labute approximate surface area is 130 Å². The van der Waals surface area contributed by atoms with Crippen LogP contribution < -0.4 is 5.32 Å². The van der Waals surface area contributed by atoms with E-state index in [4.69, 9.17) is 0 Å². The van der Waals surface area contributed by atoms with E-state index in [1.54, 1.807) is 12.4 Å². The SMILES string of the molecule is C[C@H](NC[C@@H](O)c1cccnc1)c1cccc2ccccc12. The molecule has 1 heterocycles. The molecule has 22 heavy (non-hydrogen) atoms. The molecular formula is C19H20N2O. The molecule has 0 aliphatic heterocycles. The molecule has 0 aliphatic carbocycles. The van der Waals surface area contributed by atoms with Gasteiger partial charge in [-0.15, -0.1) is 0 Å². The van der Waals surface area contributed by atoms with Gasteiger partial charge in [0.25, 0.3) is 0 Å². The maximum atomic E-state index is 10.2. The van der Waals surface area contributed by atoms with Crippen LogP contribution in [0.3, 0.4) is 0 Å². The molecule has 0 fully saturated rings. The summed E-state index contributed by atoms with van der Waals surface area (Å²) in [6.07, 6.45) is 2.86. The number of pyridine rings is 1. The molecular weight excluding hydrogens is 272 g/mol. The third-order valence-corrected chi connectivity index (χ3v) is 3.98. The van der Waals surface area contributed by atoms with Crippen LogP contribution in [0.4, 0.5) is 0 Å². The minimum atomic E-state index is -0.550. The summed E-state index contributed by atoms with van der Waals surface area (Å²) in [5.41, 5.74) is 2.08. The van der Waals surface area contributed by atoms with Gasteiger partial charge in [-0.3, -0.25) is 4.98 Å². The first kappa shape index (κ1) is 14.7. The summed E-state index contributed by atoms with van der Waals surface area (Å²) in [7, 11) is 0. The molecule has 3 heteroatoms. The van der Waals surface area contributed by atoms with E-state index in [0.29, 0.717) is 6.54 Å². The van der Waals surface area contributed by atoms with E-state index in [2.05, 4.69) is 59.7 Å². The van der Waals surface area contributed by atoms with Crippen LogP contribution in [0.2, 0.25) is 0 Å². The predicted octanol–water partition coefficient (Wildman–Crippen LogP) is 3.62. The molecule has 0 amide bonds. The molecule has 0 radical (unpaired) electrons. The highest BCUT2D eigenvalue weighted by Gasteiger charge is 2.12. The summed E-state index contributed by atoms with van der Waals surface area (Å²) >= 11 is 0. The number of hydrogen-bond acceptors (Lipinski definition) is 3. The first-order valence-electron chi connectivity index (χ1n) is 7.55. The molecule has 0 unspecified atom stereocenters. The number of benzene rings is 2. The van der Waals surface area contributed by atoms with Crippen LogP contribution in [0.1, 0.15) is 30.2 Å². The molecule has 0 spiro atoms. The smallest absolute Gasteiger partial charge is 0.0929 e. The van der Waals surface area contributed by atoms with Crippen LogP contribution in [0.15, 0.2) is 67.0 Å². The van der Waals surface area contributed by atoms with Crippen molar-refractivity contribution < 1.29 is 5.11 Å². The van der Waals surface area contributed by atoms with Crippen molar-refractivity contribution in [2.45, 2.75) is 19.1 Å². The average molecular weight is 292 g/mol. The molecule has 3 rings (SSSR count). The Hall–Kier alpha value is -2.23. The third kappa shape index (κ3) is 3.16. The van der Waals surface area contributed by atoms with Crippen LogP contribution in [-0.2, 0) is 0 Å². The highest BCUT2D eigenvalue weighted by Crippen LogP contribution is 2.24. The standard InChI is InChI=1S/C19H20N2O/c1-14(21-13-19(22)16-8-5-11-20-12-16)17-10-4-7-15-6-2-3-9-18(15)17/h2-12,14,19,21-22H,13H2,1H3/t14-,19+/m0/s1. The van der Waals surface area contributed by atoms with Gasteiger partial charge in [0.2, 0.25) is 0 Å². The van der Waals surface area contributed by atoms with Crippen LogP contribution in [0, 0.1) is 0 Å². The van der Waals surface area contributed by atoms with Crippen molar-refractivity contribution in [3.05, 3.63) is 78.1 Å². The molecule has 1 aromatic heterocycles. The Kier molecular flexibility index (Phi) is 4.47. The predicted molar refractivity (Wildman–Crippen MR) is 89.6 cm³/mol. The van der Waals surface area contributed by atoms with Gasteiger partial charge in [-0.05, 0) is 29.3 Å². The number of aromatic nitrogens is 1. The molecule has 0 bridgehead atoms. The zero-order valence-corrected chi connectivity index (χ0v) is 12.6.